The maximum Gasteiger partial charge on any atom is 0.237 e. The lowest BCUT2D eigenvalue weighted by Gasteiger charge is -2.26. The van der Waals surface area contributed by atoms with Crippen LogP contribution in [0.15, 0.2) is 65.8 Å². The van der Waals surface area contributed by atoms with Gasteiger partial charge in [-0.05, 0) is 57.5 Å². The number of likely N-dealkylation sites (tertiary alicyclic amines) is 1. The average Bonchev–Trinajstić information content (AvgIpc) is 3.44. The number of carbonyl (C=O) groups is 1. The van der Waals surface area contributed by atoms with Crippen molar-refractivity contribution in [3.63, 3.8) is 0 Å². The van der Waals surface area contributed by atoms with Gasteiger partial charge in [0.25, 0.3) is 0 Å². The molecule has 32 heavy (non-hydrogen) atoms. The topological polar surface area (TPSA) is 54.3 Å². The van der Waals surface area contributed by atoms with Gasteiger partial charge in [-0.1, -0.05) is 60.3 Å². The number of hydrogen-bond donors (Lipinski definition) is 0. The third-order valence-electron chi connectivity index (χ3n) is 5.68. The highest BCUT2D eigenvalue weighted by Crippen LogP contribution is 2.24. The van der Waals surface area contributed by atoms with Crippen molar-refractivity contribution in [2.45, 2.75) is 51.0 Å². The number of thioether (sulfide) groups is 1. The molecule has 168 valence electrons. The molecule has 1 fully saturated rings. The fourth-order valence-electron chi connectivity index (χ4n) is 4.12. The van der Waals surface area contributed by atoms with Crippen LogP contribution in [0, 0.1) is 0 Å². The lowest BCUT2D eigenvalue weighted by atomic mass is 10.2. The number of hydrogen-bond acceptors (Lipinski definition) is 5. The van der Waals surface area contributed by atoms with E-state index in [0.717, 1.165) is 36.3 Å². The summed E-state index contributed by atoms with van der Waals surface area (Å²) in [6.07, 6.45) is 2.49. The van der Waals surface area contributed by atoms with E-state index in [9.17, 15) is 4.79 Å². The first-order valence-electron chi connectivity index (χ1n) is 11.3. The molecule has 2 aromatic carbocycles. The number of carbonyl (C=O) groups excluding carboxylic acids is 1. The Balaban J connectivity index is 1.51. The maximum atomic E-state index is 13.2. The SMILES string of the molecule is CC(C)N(C(=O)CSc1nnc(CN2CCCC2)n1Cc1ccccc1)c1ccccc1. The van der Waals surface area contributed by atoms with Crippen molar-refractivity contribution in [1.82, 2.24) is 19.7 Å². The van der Waals surface area contributed by atoms with Crippen LogP contribution in [-0.4, -0.2) is 50.5 Å². The molecule has 1 saturated heterocycles. The molecule has 6 nitrogen and oxygen atoms in total. The van der Waals surface area contributed by atoms with Crippen LogP contribution in [0.25, 0.3) is 0 Å². The van der Waals surface area contributed by atoms with Gasteiger partial charge in [-0.15, -0.1) is 10.2 Å². The van der Waals surface area contributed by atoms with E-state index in [1.54, 1.807) is 0 Å². The minimum Gasteiger partial charge on any atom is -0.309 e. The highest BCUT2D eigenvalue weighted by Gasteiger charge is 2.22. The molecule has 0 aliphatic carbocycles. The Hall–Kier alpha value is -2.64. The smallest absolute Gasteiger partial charge is 0.237 e. The van der Waals surface area contributed by atoms with Crippen molar-refractivity contribution >= 4 is 23.4 Å². The second kappa shape index (κ2) is 10.8. The third kappa shape index (κ3) is 5.58. The molecule has 4 rings (SSSR count). The van der Waals surface area contributed by atoms with E-state index in [2.05, 4.69) is 43.9 Å². The monoisotopic (exact) mass is 449 g/mol. The largest absolute Gasteiger partial charge is 0.309 e. The Kier molecular flexibility index (Phi) is 7.60. The van der Waals surface area contributed by atoms with E-state index in [4.69, 9.17) is 0 Å². The standard InChI is InChI=1S/C25H31N5OS/c1-20(2)30(22-13-7-4-8-14-22)24(31)19-32-25-27-26-23(18-28-15-9-10-16-28)29(25)17-21-11-5-3-6-12-21/h3-8,11-14,20H,9-10,15-19H2,1-2H3. The van der Waals surface area contributed by atoms with Gasteiger partial charge in [0.2, 0.25) is 5.91 Å². The molecule has 0 atom stereocenters. The molecule has 0 N–H and O–H groups in total. The molecule has 7 heteroatoms. The Morgan fingerprint density at radius 3 is 2.28 bits per heavy atom. The zero-order valence-electron chi connectivity index (χ0n) is 18.9. The predicted octanol–water partition coefficient (Wildman–Crippen LogP) is 4.46. The van der Waals surface area contributed by atoms with Gasteiger partial charge in [-0.25, -0.2) is 0 Å². The normalized spacial score (nSPS) is 14.2. The Bertz CT molecular complexity index is 1000. The van der Waals surface area contributed by atoms with Crippen LogP contribution >= 0.6 is 11.8 Å². The Morgan fingerprint density at radius 1 is 0.969 bits per heavy atom. The number of benzene rings is 2. The fraction of sp³-hybridized carbons (Fsp3) is 0.400. The van der Waals surface area contributed by atoms with Gasteiger partial charge >= 0.3 is 0 Å². The van der Waals surface area contributed by atoms with E-state index >= 15 is 0 Å². The predicted molar refractivity (Wildman–Crippen MR) is 130 cm³/mol. The van der Waals surface area contributed by atoms with E-state index in [1.807, 2.05) is 55.1 Å². The lowest BCUT2D eigenvalue weighted by Crippen LogP contribution is -2.38. The molecule has 1 aliphatic heterocycles. The molecule has 1 aliphatic rings. The van der Waals surface area contributed by atoms with Gasteiger partial charge in [-0.3, -0.25) is 9.69 Å². The number of aromatic nitrogens is 3. The molecule has 3 aromatic rings. The van der Waals surface area contributed by atoms with Crippen molar-refractivity contribution in [2.75, 3.05) is 23.7 Å². The number of anilines is 1. The van der Waals surface area contributed by atoms with E-state index in [0.29, 0.717) is 12.3 Å². The molecular weight excluding hydrogens is 418 g/mol. The van der Waals surface area contributed by atoms with Crippen molar-refractivity contribution in [3.8, 4) is 0 Å². The minimum atomic E-state index is 0.0755. The summed E-state index contributed by atoms with van der Waals surface area (Å²) in [5.41, 5.74) is 2.13. The first-order chi connectivity index (χ1) is 15.6. The van der Waals surface area contributed by atoms with Gasteiger partial charge in [0.15, 0.2) is 5.16 Å². The zero-order valence-corrected chi connectivity index (χ0v) is 19.7. The summed E-state index contributed by atoms with van der Waals surface area (Å²) in [4.78, 5) is 17.4. The van der Waals surface area contributed by atoms with E-state index < -0.39 is 0 Å². The fourth-order valence-corrected chi connectivity index (χ4v) is 4.94. The van der Waals surface area contributed by atoms with E-state index in [-0.39, 0.29) is 11.9 Å². The highest BCUT2D eigenvalue weighted by atomic mass is 32.2. The second-order valence-corrected chi connectivity index (χ2v) is 9.38. The quantitative estimate of drug-likeness (QED) is 0.452. The molecule has 1 aromatic heterocycles. The van der Waals surface area contributed by atoms with Crippen LogP contribution in [-0.2, 0) is 17.9 Å². The molecule has 2 heterocycles. The van der Waals surface area contributed by atoms with Crippen molar-refractivity contribution in [1.29, 1.82) is 0 Å². The van der Waals surface area contributed by atoms with Crippen LogP contribution in [0.4, 0.5) is 5.69 Å². The molecule has 0 radical (unpaired) electrons. The molecule has 0 unspecified atom stereocenters. The summed E-state index contributed by atoms with van der Waals surface area (Å²) in [5, 5.41) is 9.80. The number of rotatable bonds is 9. The van der Waals surface area contributed by atoms with Crippen molar-refractivity contribution in [3.05, 3.63) is 72.1 Å². The van der Waals surface area contributed by atoms with Gasteiger partial charge in [0.05, 0.1) is 18.8 Å². The summed E-state index contributed by atoms with van der Waals surface area (Å²) in [7, 11) is 0. The molecule has 0 bridgehead atoms. The second-order valence-electron chi connectivity index (χ2n) is 8.44. The maximum absolute atomic E-state index is 13.2. The zero-order chi connectivity index (χ0) is 22.3. The molecule has 0 saturated carbocycles. The summed E-state index contributed by atoms with van der Waals surface area (Å²) in [6.45, 7) is 7.82. The van der Waals surface area contributed by atoms with Gasteiger partial charge in [0.1, 0.15) is 5.82 Å². The molecule has 0 spiro atoms. The number of para-hydroxylation sites is 1. The Labute approximate surface area is 194 Å². The summed E-state index contributed by atoms with van der Waals surface area (Å²) in [5.74, 6) is 1.37. The third-order valence-corrected chi connectivity index (χ3v) is 6.64. The number of nitrogens with zero attached hydrogens (tertiary/aromatic N) is 5. The minimum absolute atomic E-state index is 0.0755. The van der Waals surface area contributed by atoms with Crippen LogP contribution in [0.5, 0.6) is 0 Å². The lowest BCUT2D eigenvalue weighted by molar-refractivity contribution is -0.116. The van der Waals surface area contributed by atoms with Crippen molar-refractivity contribution in [2.24, 2.45) is 0 Å². The van der Waals surface area contributed by atoms with Gasteiger partial charge < -0.3 is 9.47 Å². The van der Waals surface area contributed by atoms with Crippen molar-refractivity contribution < 1.29 is 4.79 Å². The Morgan fingerprint density at radius 2 is 1.62 bits per heavy atom. The van der Waals surface area contributed by atoms with Crippen LogP contribution < -0.4 is 4.90 Å². The van der Waals surface area contributed by atoms with Gasteiger partial charge in [-0.2, -0.15) is 0 Å². The van der Waals surface area contributed by atoms with Crippen LogP contribution in [0.1, 0.15) is 38.1 Å². The summed E-state index contributed by atoms with van der Waals surface area (Å²) in [6, 6.07) is 20.3. The molecular formula is C25H31N5OS. The average molecular weight is 450 g/mol. The summed E-state index contributed by atoms with van der Waals surface area (Å²) >= 11 is 1.47. The van der Waals surface area contributed by atoms with E-state index in [1.165, 1.54) is 30.2 Å². The molecule has 1 amide bonds. The first kappa shape index (κ1) is 22.6. The first-order valence-corrected chi connectivity index (χ1v) is 12.3. The van der Waals surface area contributed by atoms with Gasteiger partial charge in [0, 0.05) is 11.7 Å². The van der Waals surface area contributed by atoms with Crippen LogP contribution in [0.2, 0.25) is 0 Å². The highest BCUT2D eigenvalue weighted by molar-refractivity contribution is 7.99. The van der Waals surface area contributed by atoms with Crippen LogP contribution in [0.3, 0.4) is 0 Å². The number of amides is 1. The summed E-state index contributed by atoms with van der Waals surface area (Å²) < 4.78 is 2.17.